The van der Waals surface area contributed by atoms with Gasteiger partial charge in [0.25, 0.3) is 0 Å². The van der Waals surface area contributed by atoms with E-state index >= 15 is 0 Å². The number of ether oxygens (including phenoxy) is 1. The maximum absolute atomic E-state index is 5.03. The van der Waals surface area contributed by atoms with Gasteiger partial charge in [0.2, 0.25) is 0 Å². The Kier molecular flexibility index (Phi) is 0.873. The van der Waals surface area contributed by atoms with Crippen LogP contribution in [0.15, 0.2) is 6.07 Å². The fraction of sp³-hybridized carbons (Fsp3) is 0.500. The van der Waals surface area contributed by atoms with E-state index in [1.165, 1.54) is 0 Å². The molecule has 0 radical (unpaired) electrons. The largest absolute Gasteiger partial charge is 0.366 e. The molecule has 48 valence electrons. The molecule has 1 fully saturated rings. The molecule has 9 heavy (non-hydrogen) atoms. The summed E-state index contributed by atoms with van der Waals surface area (Å²) in [5.41, 5.74) is 2.13. The van der Waals surface area contributed by atoms with Gasteiger partial charge in [-0.1, -0.05) is 0 Å². The Hall–Kier alpha value is -0.830. The lowest BCUT2D eigenvalue weighted by Gasteiger charge is -1.77. The third-order valence-electron chi connectivity index (χ3n) is 1.39. The number of aromatic nitrogens is 2. The summed E-state index contributed by atoms with van der Waals surface area (Å²) < 4.78 is 5.03. The number of nitrogens with zero attached hydrogens (tertiary/aromatic N) is 1. The van der Waals surface area contributed by atoms with Gasteiger partial charge in [-0.15, -0.1) is 0 Å². The average Bonchev–Trinajstić information content (AvgIpc) is 2.58. The molecule has 1 atom stereocenters. The summed E-state index contributed by atoms with van der Waals surface area (Å²) >= 11 is 0. The van der Waals surface area contributed by atoms with E-state index in [2.05, 4.69) is 10.2 Å². The summed E-state index contributed by atoms with van der Waals surface area (Å²) in [4.78, 5) is 0. The second-order valence-corrected chi connectivity index (χ2v) is 2.30. The minimum Gasteiger partial charge on any atom is -0.366 e. The zero-order chi connectivity index (χ0) is 6.27. The minimum absolute atomic E-state index is 0.287. The van der Waals surface area contributed by atoms with Crippen LogP contribution in [0.2, 0.25) is 0 Å². The zero-order valence-electron chi connectivity index (χ0n) is 5.22. The lowest BCUT2D eigenvalue weighted by molar-refractivity contribution is 0.411. The van der Waals surface area contributed by atoms with Crippen molar-refractivity contribution in [3.05, 3.63) is 17.5 Å². The van der Waals surface area contributed by atoms with Gasteiger partial charge in [-0.3, -0.25) is 5.10 Å². The lowest BCUT2D eigenvalue weighted by atomic mass is 10.3. The Morgan fingerprint density at radius 1 is 1.89 bits per heavy atom. The van der Waals surface area contributed by atoms with Crippen LogP contribution in [0.4, 0.5) is 0 Å². The molecule has 0 aromatic carbocycles. The molecule has 1 aliphatic heterocycles. The first-order chi connectivity index (χ1) is 4.36. The number of hydrogen-bond donors (Lipinski definition) is 1. The van der Waals surface area contributed by atoms with Crippen molar-refractivity contribution < 1.29 is 4.74 Å². The molecule has 1 N–H and O–H groups in total. The highest BCUT2D eigenvalue weighted by molar-refractivity contribution is 5.12. The van der Waals surface area contributed by atoms with E-state index in [0.29, 0.717) is 0 Å². The van der Waals surface area contributed by atoms with Gasteiger partial charge in [0.05, 0.1) is 12.3 Å². The summed E-state index contributed by atoms with van der Waals surface area (Å²) in [6, 6.07) is 2.01. The van der Waals surface area contributed by atoms with Gasteiger partial charge in [0, 0.05) is 5.69 Å². The van der Waals surface area contributed by atoms with Crippen molar-refractivity contribution in [3.8, 4) is 0 Å². The highest BCUT2D eigenvalue weighted by atomic mass is 16.6. The summed E-state index contributed by atoms with van der Waals surface area (Å²) in [6.45, 7) is 2.82. The summed E-state index contributed by atoms with van der Waals surface area (Å²) in [5, 5.41) is 6.89. The smallest absolute Gasteiger partial charge is 0.125 e. The van der Waals surface area contributed by atoms with Gasteiger partial charge in [0.1, 0.15) is 6.10 Å². The number of H-pyrrole nitrogens is 1. The highest BCUT2D eigenvalue weighted by Gasteiger charge is 2.26. The summed E-state index contributed by atoms with van der Waals surface area (Å²) in [7, 11) is 0. The van der Waals surface area contributed by atoms with Crippen molar-refractivity contribution in [2.75, 3.05) is 6.61 Å². The SMILES string of the molecule is Cc1cc([C@H]2CO2)n[nH]1. The zero-order valence-corrected chi connectivity index (χ0v) is 5.22. The molecule has 2 rings (SSSR count). The van der Waals surface area contributed by atoms with Crippen LogP contribution in [-0.4, -0.2) is 16.8 Å². The molecule has 1 aliphatic rings. The minimum atomic E-state index is 0.287. The topological polar surface area (TPSA) is 41.2 Å². The van der Waals surface area contributed by atoms with E-state index in [1.54, 1.807) is 0 Å². The Labute approximate surface area is 53.0 Å². The molecular formula is C6H8N2O. The van der Waals surface area contributed by atoms with Crippen molar-refractivity contribution in [3.63, 3.8) is 0 Å². The van der Waals surface area contributed by atoms with Crippen molar-refractivity contribution in [2.24, 2.45) is 0 Å². The molecule has 1 saturated heterocycles. The van der Waals surface area contributed by atoms with E-state index in [9.17, 15) is 0 Å². The van der Waals surface area contributed by atoms with E-state index in [4.69, 9.17) is 4.74 Å². The first-order valence-electron chi connectivity index (χ1n) is 3.00. The first-order valence-corrected chi connectivity index (χ1v) is 3.00. The number of aromatic amines is 1. The molecule has 0 unspecified atom stereocenters. The molecule has 1 aromatic rings. The summed E-state index contributed by atoms with van der Waals surface area (Å²) in [6.07, 6.45) is 0.287. The van der Waals surface area contributed by atoms with E-state index in [0.717, 1.165) is 18.0 Å². The second-order valence-electron chi connectivity index (χ2n) is 2.30. The Balaban J connectivity index is 2.28. The Morgan fingerprint density at radius 2 is 2.67 bits per heavy atom. The van der Waals surface area contributed by atoms with Crippen LogP contribution in [0.3, 0.4) is 0 Å². The lowest BCUT2D eigenvalue weighted by Crippen LogP contribution is -1.77. The van der Waals surface area contributed by atoms with Crippen LogP contribution in [-0.2, 0) is 4.74 Å². The van der Waals surface area contributed by atoms with Crippen LogP contribution < -0.4 is 0 Å². The van der Waals surface area contributed by atoms with Crippen molar-refractivity contribution in [2.45, 2.75) is 13.0 Å². The van der Waals surface area contributed by atoms with Crippen LogP contribution in [0.1, 0.15) is 17.5 Å². The van der Waals surface area contributed by atoms with E-state index in [1.807, 2.05) is 13.0 Å². The van der Waals surface area contributed by atoms with Crippen molar-refractivity contribution in [1.29, 1.82) is 0 Å². The predicted octanol–water partition coefficient (Wildman–Crippen LogP) is 0.789. The standard InChI is InChI=1S/C6H8N2O/c1-4-2-5(8-7-4)6-3-9-6/h2,6H,3H2,1H3,(H,7,8)/t6-/m1/s1. The number of aryl methyl sites for hydroxylation is 1. The quantitative estimate of drug-likeness (QED) is 0.562. The van der Waals surface area contributed by atoms with Gasteiger partial charge in [0.15, 0.2) is 0 Å². The maximum atomic E-state index is 5.03. The van der Waals surface area contributed by atoms with Crippen LogP contribution in [0.25, 0.3) is 0 Å². The van der Waals surface area contributed by atoms with Crippen LogP contribution in [0, 0.1) is 6.92 Å². The van der Waals surface area contributed by atoms with Gasteiger partial charge in [-0.25, -0.2) is 0 Å². The van der Waals surface area contributed by atoms with Crippen LogP contribution in [0.5, 0.6) is 0 Å². The number of nitrogens with one attached hydrogen (secondary N) is 1. The molecule has 3 heteroatoms. The van der Waals surface area contributed by atoms with Crippen LogP contribution >= 0.6 is 0 Å². The molecule has 0 amide bonds. The first kappa shape index (κ1) is 4.99. The molecule has 2 heterocycles. The second kappa shape index (κ2) is 1.57. The molecule has 0 bridgehead atoms. The van der Waals surface area contributed by atoms with Gasteiger partial charge in [-0.05, 0) is 13.0 Å². The highest BCUT2D eigenvalue weighted by Crippen LogP contribution is 2.27. The van der Waals surface area contributed by atoms with Gasteiger partial charge >= 0.3 is 0 Å². The molecule has 0 spiro atoms. The van der Waals surface area contributed by atoms with E-state index in [-0.39, 0.29) is 6.10 Å². The fourth-order valence-electron chi connectivity index (χ4n) is 0.823. The van der Waals surface area contributed by atoms with Crippen molar-refractivity contribution in [1.82, 2.24) is 10.2 Å². The van der Waals surface area contributed by atoms with Gasteiger partial charge in [-0.2, -0.15) is 5.10 Å². The molecule has 0 aliphatic carbocycles. The number of rotatable bonds is 1. The van der Waals surface area contributed by atoms with Gasteiger partial charge < -0.3 is 4.74 Å². The third-order valence-corrected chi connectivity index (χ3v) is 1.39. The third kappa shape index (κ3) is 0.833. The fourth-order valence-corrected chi connectivity index (χ4v) is 0.823. The summed E-state index contributed by atoms with van der Waals surface area (Å²) in [5.74, 6) is 0. The normalized spacial score (nSPS) is 24.3. The number of hydrogen-bond acceptors (Lipinski definition) is 2. The van der Waals surface area contributed by atoms with Crippen molar-refractivity contribution >= 4 is 0 Å². The number of epoxide rings is 1. The predicted molar refractivity (Wildman–Crippen MR) is 32.0 cm³/mol. The average molecular weight is 124 g/mol. The van der Waals surface area contributed by atoms with E-state index < -0.39 is 0 Å². The Bertz CT molecular complexity index is 215. The molecule has 1 aromatic heterocycles. The molecule has 0 saturated carbocycles. The monoisotopic (exact) mass is 124 g/mol. The molecular weight excluding hydrogens is 116 g/mol. The molecule has 3 nitrogen and oxygen atoms in total. The Morgan fingerprint density at radius 3 is 3.11 bits per heavy atom. The maximum Gasteiger partial charge on any atom is 0.125 e.